The van der Waals surface area contributed by atoms with Gasteiger partial charge >= 0.3 is 0 Å². The summed E-state index contributed by atoms with van der Waals surface area (Å²) in [5, 5.41) is 11.5. The van der Waals surface area contributed by atoms with Gasteiger partial charge in [0.25, 0.3) is 0 Å². The van der Waals surface area contributed by atoms with Crippen LogP contribution in [0.4, 0.5) is 0 Å². The molecule has 2 aromatic rings. The van der Waals surface area contributed by atoms with Crippen molar-refractivity contribution in [1.29, 1.82) is 0 Å². The van der Waals surface area contributed by atoms with Crippen LogP contribution in [0.5, 0.6) is 11.5 Å². The standard InChI is InChI=1S/C15H17NO2/c17-15-10-16-9-11-6-7-13(8-14(11)15)18-12-4-2-1-3-5-12/h6-10,12,17H,1-5H2. The van der Waals surface area contributed by atoms with Gasteiger partial charge in [-0.2, -0.15) is 0 Å². The lowest BCUT2D eigenvalue weighted by Gasteiger charge is -2.23. The SMILES string of the molecule is Oc1cncc2ccc(OC3CCCCC3)cc12. The predicted octanol–water partition coefficient (Wildman–Crippen LogP) is 3.65. The Kier molecular flexibility index (Phi) is 3.05. The van der Waals surface area contributed by atoms with E-state index in [2.05, 4.69) is 4.98 Å². The summed E-state index contributed by atoms with van der Waals surface area (Å²) in [7, 11) is 0. The van der Waals surface area contributed by atoms with E-state index in [1.54, 1.807) is 6.20 Å². The number of fused-ring (bicyclic) bond motifs is 1. The molecule has 1 aliphatic carbocycles. The minimum absolute atomic E-state index is 0.210. The highest BCUT2D eigenvalue weighted by atomic mass is 16.5. The summed E-state index contributed by atoms with van der Waals surface area (Å²) in [6, 6.07) is 5.80. The first-order valence-electron chi connectivity index (χ1n) is 6.56. The molecule has 0 spiro atoms. The fourth-order valence-electron chi connectivity index (χ4n) is 2.58. The van der Waals surface area contributed by atoms with Crippen molar-refractivity contribution in [1.82, 2.24) is 4.98 Å². The van der Waals surface area contributed by atoms with E-state index in [-0.39, 0.29) is 5.75 Å². The minimum Gasteiger partial charge on any atom is -0.506 e. The summed E-state index contributed by atoms with van der Waals surface area (Å²) >= 11 is 0. The number of hydrogen-bond acceptors (Lipinski definition) is 3. The molecule has 0 bridgehead atoms. The molecule has 0 saturated heterocycles. The van der Waals surface area contributed by atoms with Crippen molar-refractivity contribution >= 4 is 10.8 Å². The molecular formula is C15H17NO2. The molecule has 94 valence electrons. The van der Waals surface area contributed by atoms with E-state index in [1.807, 2.05) is 18.2 Å². The number of rotatable bonds is 2. The third kappa shape index (κ3) is 2.26. The second kappa shape index (κ2) is 4.84. The smallest absolute Gasteiger partial charge is 0.141 e. The van der Waals surface area contributed by atoms with Gasteiger partial charge in [0.15, 0.2) is 0 Å². The highest BCUT2D eigenvalue weighted by Crippen LogP contribution is 2.29. The molecule has 1 aromatic heterocycles. The second-order valence-electron chi connectivity index (χ2n) is 4.92. The Bertz CT molecular complexity index is 547. The van der Waals surface area contributed by atoms with Gasteiger partial charge in [-0.25, -0.2) is 0 Å². The van der Waals surface area contributed by atoms with Gasteiger partial charge in [0, 0.05) is 17.0 Å². The Morgan fingerprint density at radius 3 is 2.78 bits per heavy atom. The number of nitrogens with zero attached hydrogens (tertiary/aromatic N) is 1. The van der Waals surface area contributed by atoms with Crippen LogP contribution in [-0.4, -0.2) is 16.2 Å². The topological polar surface area (TPSA) is 42.4 Å². The molecule has 3 nitrogen and oxygen atoms in total. The molecule has 0 unspecified atom stereocenters. The van der Waals surface area contributed by atoms with Crippen LogP contribution in [-0.2, 0) is 0 Å². The van der Waals surface area contributed by atoms with Gasteiger partial charge in [0.2, 0.25) is 0 Å². The summed E-state index contributed by atoms with van der Waals surface area (Å²) in [6.45, 7) is 0. The monoisotopic (exact) mass is 243 g/mol. The first-order chi connectivity index (χ1) is 8.83. The van der Waals surface area contributed by atoms with E-state index in [9.17, 15) is 5.11 Å². The molecule has 3 heteroatoms. The molecule has 1 fully saturated rings. The average molecular weight is 243 g/mol. The van der Waals surface area contributed by atoms with E-state index >= 15 is 0 Å². The van der Waals surface area contributed by atoms with Crippen molar-refractivity contribution in [2.24, 2.45) is 0 Å². The van der Waals surface area contributed by atoms with Crippen LogP contribution in [0.2, 0.25) is 0 Å². The number of ether oxygens (including phenoxy) is 1. The molecule has 3 rings (SSSR count). The van der Waals surface area contributed by atoms with E-state index < -0.39 is 0 Å². The fraction of sp³-hybridized carbons (Fsp3) is 0.400. The van der Waals surface area contributed by atoms with Gasteiger partial charge in [-0.15, -0.1) is 0 Å². The summed E-state index contributed by atoms with van der Waals surface area (Å²) in [5.74, 6) is 1.05. The lowest BCUT2D eigenvalue weighted by Crippen LogP contribution is -2.19. The lowest BCUT2D eigenvalue weighted by atomic mass is 9.98. The predicted molar refractivity (Wildman–Crippen MR) is 70.9 cm³/mol. The van der Waals surface area contributed by atoms with Gasteiger partial charge in [0.1, 0.15) is 11.5 Å². The molecule has 1 aromatic carbocycles. The average Bonchev–Trinajstić information content (AvgIpc) is 2.41. The molecule has 0 atom stereocenters. The molecular weight excluding hydrogens is 226 g/mol. The number of aromatic hydroxyl groups is 1. The number of hydrogen-bond donors (Lipinski definition) is 1. The Balaban J connectivity index is 1.86. The van der Waals surface area contributed by atoms with E-state index in [1.165, 1.54) is 25.5 Å². The van der Waals surface area contributed by atoms with E-state index in [0.717, 1.165) is 29.4 Å². The summed E-state index contributed by atoms with van der Waals surface area (Å²) in [4.78, 5) is 3.97. The number of benzene rings is 1. The molecule has 1 N–H and O–H groups in total. The maximum absolute atomic E-state index is 9.78. The molecule has 1 aliphatic rings. The van der Waals surface area contributed by atoms with Gasteiger partial charge < -0.3 is 9.84 Å². The zero-order valence-electron chi connectivity index (χ0n) is 10.3. The summed E-state index contributed by atoms with van der Waals surface area (Å²) in [5.41, 5.74) is 0. The Labute approximate surface area is 106 Å². The molecule has 18 heavy (non-hydrogen) atoms. The van der Waals surface area contributed by atoms with Crippen molar-refractivity contribution in [3.05, 3.63) is 30.6 Å². The number of pyridine rings is 1. The normalized spacial score (nSPS) is 16.9. The van der Waals surface area contributed by atoms with Crippen molar-refractivity contribution < 1.29 is 9.84 Å². The first-order valence-corrected chi connectivity index (χ1v) is 6.56. The number of aromatic nitrogens is 1. The highest BCUT2D eigenvalue weighted by molar-refractivity contribution is 5.88. The molecule has 0 radical (unpaired) electrons. The third-order valence-electron chi connectivity index (χ3n) is 3.57. The maximum Gasteiger partial charge on any atom is 0.141 e. The molecule has 0 amide bonds. The van der Waals surface area contributed by atoms with Crippen LogP contribution in [0.25, 0.3) is 10.8 Å². The molecule has 1 saturated carbocycles. The molecule has 0 aliphatic heterocycles. The summed E-state index contributed by atoms with van der Waals surface area (Å²) in [6.07, 6.45) is 9.66. The van der Waals surface area contributed by atoms with Gasteiger partial charge in [0.05, 0.1) is 12.3 Å². The van der Waals surface area contributed by atoms with Gasteiger partial charge in [-0.05, 0) is 43.9 Å². The minimum atomic E-state index is 0.210. The Hall–Kier alpha value is -1.77. The zero-order chi connectivity index (χ0) is 12.4. The Morgan fingerprint density at radius 2 is 1.94 bits per heavy atom. The first kappa shape index (κ1) is 11.3. The zero-order valence-corrected chi connectivity index (χ0v) is 10.3. The van der Waals surface area contributed by atoms with Gasteiger partial charge in [-0.1, -0.05) is 6.42 Å². The second-order valence-corrected chi connectivity index (χ2v) is 4.92. The van der Waals surface area contributed by atoms with Crippen molar-refractivity contribution in [3.8, 4) is 11.5 Å². The van der Waals surface area contributed by atoms with Crippen molar-refractivity contribution in [2.45, 2.75) is 38.2 Å². The maximum atomic E-state index is 9.78. The Morgan fingerprint density at radius 1 is 1.11 bits per heavy atom. The molecule has 1 heterocycles. The van der Waals surface area contributed by atoms with Crippen LogP contribution in [0.1, 0.15) is 32.1 Å². The highest BCUT2D eigenvalue weighted by Gasteiger charge is 2.15. The van der Waals surface area contributed by atoms with E-state index in [0.29, 0.717) is 6.10 Å². The third-order valence-corrected chi connectivity index (χ3v) is 3.57. The largest absolute Gasteiger partial charge is 0.506 e. The van der Waals surface area contributed by atoms with Crippen LogP contribution >= 0.6 is 0 Å². The van der Waals surface area contributed by atoms with Crippen molar-refractivity contribution in [3.63, 3.8) is 0 Å². The van der Waals surface area contributed by atoms with Crippen LogP contribution < -0.4 is 4.74 Å². The van der Waals surface area contributed by atoms with E-state index in [4.69, 9.17) is 4.74 Å². The van der Waals surface area contributed by atoms with Crippen LogP contribution in [0, 0.1) is 0 Å². The van der Waals surface area contributed by atoms with Crippen LogP contribution in [0.3, 0.4) is 0 Å². The lowest BCUT2D eigenvalue weighted by molar-refractivity contribution is 0.155. The summed E-state index contributed by atoms with van der Waals surface area (Å²) < 4.78 is 5.99. The van der Waals surface area contributed by atoms with Crippen molar-refractivity contribution in [2.75, 3.05) is 0 Å². The van der Waals surface area contributed by atoms with Crippen LogP contribution in [0.15, 0.2) is 30.6 Å². The quantitative estimate of drug-likeness (QED) is 0.875. The fourth-order valence-corrected chi connectivity index (χ4v) is 2.58. The van der Waals surface area contributed by atoms with Gasteiger partial charge in [-0.3, -0.25) is 4.98 Å².